The predicted octanol–water partition coefficient (Wildman–Crippen LogP) is 7.56. The number of aryl methyl sites for hydroxylation is 6. The third-order valence-corrected chi connectivity index (χ3v) is 11.1. The Kier molecular flexibility index (Phi) is 13.2. The number of esters is 1. The summed E-state index contributed by atoms with van der Waals surface area (Å²) in [5.74, 6) is 0.577. The van der Waals surface area contributed by atoms with Crippen molar-refractivity contribution in [3.63, 3.8) is 0 Å². The molecule has 3 aromatic carbocycles. The lowest BCUT2D eigenvalue weighted by Crippen LogP contribution is -2.12. The first kappa shape index (κ1) is 40.3. The summed E-state index contributed by atoms with van der Waals surface area (Å²) in [4.78, 5) is 13.1. The average Bonchev–Trinajstić information content (AvgIpc) is 3.78. The number of carbonyl (C=O) groups excluding carboxylic acids is 1. The smallest absolute Gasteiger partial charge is 0.354 e. The fourth-order valence-corrected chi connectivity index (χ4v) is 8.48. The second-order valence-corrected chi connectivity index (χ2v) is 14.9. The third kappa shape index (κ3) is 8.71. The van der Waals surface area contributed by atoms with Crippen LogP contribution in [0.1, 0.15) is 50.8 Å². The minimum absolute atomic E-state index is 0.0193. The molecule has 0 spiro atoms. The predicted molar refractivity (Wildman–Crippen MR) is 215 cm³/mol. The van der Waals surface area contributed by atoms with Crippen molar-refractivity contribution in [2.24, 2.45) is 7.05 Å². The summed E-state index contributed by atoms with van der Waals surface area (Å²) in [6.07, 6.45) is 1.82. The lowest BCUT2D eigenvalue weighted by atomic mass is 9.97. The molecule has 0 atom stereocenters. The fourth-order valence-electron chi connectivity index (χ4n) is 7.29. The highest BCUT2D eigenvalue weighted by Crippen LogP contribution is 2.43. The summed E-state index contributed by atoms with van der Waals surface area (Å²) >= 11 is 8.79. The summed E-state index contributed by atoms with van der Waals surface area (Å²) in [6, 6.07) is 13.9. The van der Waals surface area contributed by atoms with Gasteiger partial charge in [-0.1, -0.05) is 17.7 Å². The van der Waals surface area contributed by atoms with Crippen LogP contribution in [0.2, 0.25) is 5.02 Å². The van der Waals surface area contributed by atoms with Gasteiger partial charge < -0.3 is 29.0 Å². The minimum atomic E-state index is -0.453. The van der Waals surface area contributed by atoms with Gasteiger partial charge >= 0.3 is 5.97 Å². The number of methoxy groups -OCH3 is 2. The average molecular weight is 792 g/mol. The number of ether oxygens (including phenoxy) is 3. The maximum atomic E-state index is 13.9. The molecule has 6 rings (SSSR count). The fraction of sp³-hybridized carbons (Fsp3) is 0.390. The van der Waals surface area contributed by atoms with Crippen LogP contribution in [0.4, 0.5) is 4.39 Å². The number of aliphatic hydroxyl groups is 1. The molecule has 6 aromatic rings. The second kappa shape index (κ2) is 18.0. The van der Waals surface area contributed by atoms with Crippen LogP contribution in [0.3, 0.4) is 0 Å². The summed E-state index contributed by atoms with van der Waals surface area (Å²) in [7, 11) is 4.94. The Morgan fingerprint density at radius 2 is 1.78 bits per heavy atom. The van der Waals surface area contributed by atoms with Crippen LogP contribution in [0, 0.1) is 19.7 Å². The van der Waals surface area contributed by atoms with Gasteiger partial charge in [0.1, 0.15) is 17.3 Å². The molecule has 0 fully saturated rings. The molecule has 0 saturated carbocycles. The Morgan fingerprint density at radius 1 is 0.964 bits per heavy atom. The highest BCUT2D eigenvalue weighted by atomic mass is 35.5. The highest BCUT2D eigenvalue weighted by Gasteiger charge is 2.28. The third-order valence-electron chi connectivity index (χ3n) is 9.84. The van der Waals surface area contributed by atoms with Crippen LogP contribution >= 0.6 is 23.4 Å². The van der Waals surface area contributed by atoms with Gasteiger partial charge in [0.05, 0.1) is 50.6 Å². The van der Waals surface area contributed by atoms with Gasteiger partial charge in [0.25, 0.3) is 0 Å². The van der Waals surface area contributed by atoms with Gasteiger partial charge in [0, 0.05) is 76.9 Å². The van der Waals surface area contributed by atoms with Crippen LogP contribution in [-0.4, -0.2) is 81.0 Å². The number of hydrogen-bond acceptors (Lipinski definition) is 9. The highest BCUT2D eigenvalue weighted by molar-refractivity contribution is 7.97. The monoisotopic (exact) mass is 791 g/mol. The number of nitrogens with zero attached hydrogens (tertiary/aromatic N) is 5. The van der Waals surface area contributed by atoms with Crippen LogP contribution < -0.4 is 0 Å². The Morgan fingerprint density at radius 3 is 2.55 bits per heavy atom. The van der Waals surface area contributed by atoms with Crippen LogP contribution in [0.25, 0.3) is 32.8 Å². The van der Waals surface area contributed by atoms with Crippen molar-refractivity contribution in [1.29, 1.82) is 0 Å². The Labute approximate surface area is 328 Å². The molecule has 0 bridgehead atoms. The molecule has 2 N–H and O–H groups in total. The number of aliphatic hydroxyl groups excluding tert-OH is 1. The Hall–Kier alpha value is -4.40. The minimum Gasteiger partial charge on any atom is -0.507 e. The standard InChI is InChI=1S/C41H47ClFN5O6S/c1-25-37-34(47(13-6-15-49)40(25)41(51)53-5)12-11-33(42)39(37)38-26(2)44-48(14-16-54-18-17-52-4)35(38)24-55-23-30-22-31(46(3)45-30)9-7-27-19-28-21-29(43)8-10-32(28)36(50)20-27/h8,10-12,19-22,49-50H,6-7,9,13-18,23-24H2,1-5H3. The first-order valence-electron chi connectivity index (χ1n) is 18.2. The zero-order valence-electron chi connectivity index (χ0n) is 31.8. The molecule has 0 aliphatic rings. The van der Waals surface area contributed by atoms with Gasteiger partial charge in [-0.05, 0) is 92.1 Å². The van der Waals surface area contributed by atoms with Gasteiger partial charge in [-0.2, -0.15) is 10.2 Å². The normalized spacial score (nSPS) is 11.7. The molecule has 0 aliphatic carbocycles. The molecule has 11 nitrogen and oxygen atoms in total. The molecule has 0 aliphatic heterocycles. The Bertz CT molecular complexity index is 2320. The zero-order valence-corrected chi connectivity index (χ0v) is 33.4. The number of carbonyl (C=O) groups is 1. The first-order chi connectivity index (χ1) is 26.6. The van der Waals surface area contributed by atoms with E-state index in [0.29, 0.717) is 85.2 Å². The van der Waals surface area contributed by atoms with E-state index in [4.69, 9.17) is 36.0 Å². The van der Waals surface area contributed by atoms with Crippen LogP contribution in [0.15, 0.2) is 48.5 Å². The van der Waals surface area contributed by atoms with Crippen molar-refractivity contribution in [2.75, 3.05) is 40.6 Å². The number of hydrogen-bond donors (Lipinski definition) is 2. The maximum absolute atomic E-state index is 13.9. The lowest BCUT2D eigenvalue weighted by molar-refractivity contribution is 0.0587. The number of phenolic OH excluding ortho intramolecular Hbond substituents is 1. The number of thioether (sulfide) groups is 1. The number of fused-ring (bicyclic) bond motifs is 2. The number of phenols is 1. The summed E-state index contributed by atoms with van der Waals surface area (Å²) in [5.41, 5.74) is 8.36. The van der Waals surface area contributed by atoms with E-state index in [1.165, 1.54) is 19.2 Å². The van der Waals surface area contributed by atoms with Crippen molar-refractivity contribution >= 4 is 51.0 Å². The van der Waals surface area contributed by atoms with Crippen LogP contribution in [0.5, 0.6) is 5.75 Å². The van der Waals surface area contributed by atoms with E-state index in [1.54, 1.807) is 31.0 Å². The quantitative estimate of drug-likeness (QED) is 0.0671. The number of halogens is 2. The van der Waals surface area contributed by atoms with Crippen molar-refractivity contribution in [1.82, 2.24) is 24.1 Å². The van der Waals surface area contributed by atoms with Gasteiger partial charge in [-0.25, -0.2) is 9.18 Å². The first-order valence-corrected chi connectivity index (χ1v) is 19.7. The molecule has 292 valence electrons. The van der Waals surface area contributed by atoms with E-state index in [9.17, 15) is 19.4 Å². The summed E-state index contributed by atoms with van der Waals surface area (Å²) in [6.45, 7) is 6.21. The van der Waals surface area contributed by atoms with Gasteiger partial charge in [-0.15, -0.1) is 11.8 Å². The number of aromatic hydroxyl groups is 1. The van der Waals surface area contributed by atoms with Crippen LogP contribution in [-0.2, 0) is 58.7 Å². The molecule has 0 saturated heterocycles. The van der Waals surface area contributed by atoms with Crippen molar-refractivity contribution < 1.29 is 33.6 Å². The van der Waals surface area contributed by atoms with Gasteiger partial charge in [-0.3, -0.25) is 9.36 Å². The molecule has 0 unspecified atom stereocenters. The molecule has 14 heteroatoms. The zero-order chi connectivity index (χ0) is 39.2. The number of benzene rings is 3. The number of aromatic nitrogens is 5. The summed E-state index contributed by atoms with van der Waals surface area (Å²) < 4.78 is 35.9. The SMILES string of the molecule is COCCOCCn1nc(C)c(-c2c(Cl)ccc3c2c(C)c(C(=O)OC)n3CCCO)c1CSCc1cc(CCc2cc(O)c3ccc(F)cc3c2)n(C)n1. The van der Waals surface area contributed by atoms with Crippen molar-refractivity contribution in [3.8, 4) is 16.9 Å². The lowest BCUT2D eigenvalue weighted by Gasteiger charge is -2.13. The Balaban J connectivity index is 1.28. The molecular formula is C41H47ClFN5O6S. The van der Waals surface area contributed by atoms with E-state index in [2.05, 4.69) is 6.07 Å². The maximum Gasteiger partial charge on any atom is 0.354 e. The molecule has 3 heterocycles. The van der Waals surface area contributed by atoms with Crippen molar-refractivity contribution in [3.05, 3.63) is 99.0 Å². The van der Waals surface area contributed by atoms with Crippen molar-refractivity contribution in [2.45, 2.75) is 57.7 Å². The van der Waals surface area contributed by atoms with E-state index in [1.807, 2.05) is 53.0 Å². The topological polar surface area (TPSA) is 126 Å². The van der Waals surface area contributed by atoms with E-state index < -0.39 is 5.97 Å². The molecular weight excluding hydrogens is 745 g/mol. The van der Waals surface area contributed by atoms with E-state index in [-0.39, 0.29) is 18.2 Å². The van der Waals surface area contributed by atoms with Gasteiger partial charge in [0.15, 0.2) is 0 Å². The van der Waals surface area contributed by atoms with E-state index in [0.717, 1.165) is 55.9 Å². The largest absolute Gasteiger partial charge is 0.507 e. The molecule has 0 amide bonds. The molecule has 0 radical (unpaired) electrons. The summed E-state index contributed by atoms with van der Waals surface area (Å²) in [5, 5.41) is 32.7. The molecule has 55 heavy (non-hydrogen) atoms. The molecule has 3 aromatic heterocycles. The second-order valence-electron chi connectivity index (χ2n) is 13.5. The van der Waals surface area contributed by atoms with Gasteiger partial charge in [0.2, 0.25) is 0 Å². The number of rotatable bonds is 18. The van der Waals surface area contributed by atoms with E-state index >= 15 is 0 Å².